The van der Waals surface area contributed by atoms with Crippen LogP contribution in [0.2, 0.25) is 0 Å². The number of aliphatic hydroxyl groups is 1. The van der Waals surface area contributed by atoms with Crippen LogP contribution in [-0.2, 0) is 4.79 Å². The van der Waals surface area contributed by atoms with Gasteiger partial charge in [-0.15, -0.1) is 21.5 Å². The van der Waals surface area contributed by atoms with Crippen molar-refractivity contribution in [3.8, 4) is 11.5 Å². The second-order valence-electron chi connectivity index (χ2n) is 6.85. The number of benzene rings is 1. The van der Waals surface area contributed by atoms with Crippen LogP contribution in [-0.4, -0.2) is 44.2 Å². The molecule has 2 aromatic heterocycles. The number of aryl methyl sites for hydroxylation is 3. The second-order valence-corrected chi connectivity index (χ2v) is 9.21. The minimum absolute atomic E-state index is 0.0858. The van der Waals surface area contributed by atoms with Crippen molar-refractivity contribution in [3.63, 3.8) is 0 Å². The van der Waals surface area contributed by atoms with Gasteiger partial charge in [-0.05, 0) is 38.5 Å². The van der Waals surface area contributed by atoms with E-state index in [1.54, 1.807) is 26.8 Å². The molecule has 0 aliphatic carbocycles. The van der Waals surface area contributed by atoms with Crippen molar-refractivity contribution in [3.05, 3.63) is 55.7 Å². The third kappa shape index (κ3) is 3.45. The van der Waals surface area contributed by atoms with Gasteiger partial charge in [0.1, 0.15) is 5.01 Å². The van der Waals surface area contributed by atoms with E-state index in [0.717, 1.165) is 11.3 Å². The minimum atomic E-state index is -0.983. The predicted octanol–water partition coefficient (Wildman–Crippen LogP) is 3.42. The Morgan fingerprint density at radius 3 is 2.45 bits per heavy atom. The van der Waals surface area contributed by atoms with Crippen LogP contribution in [0.1, 0.15) is 37.0 Å². The Morgan fingerprint density at radius 2 is 1.87 bits per heavy atom. The molecule has 0 saturated carbocycles. The van der Waals surface area contributed by atoms with Crippen LogP contribution in [0.4, 0.5) is 5.13 Å². The van der Waals surface area contributed by atoms with Crippen molar-refractivity contribution in [2.75, 3.05) is 12.0 Å². The van der Waals surface area contributed by atoms with E-state index >= 15 is 0 Å². The van der Waals surface area contributed by atoms with Crippen molar-refractivity contribution in [2.24, 2.45) is 0 Å². The van der Waals surface area contributed by atoms with Gasteiger partial charge in [0, 0.05) is 0 Å². The van der Waals surface area contributed by atoms with E-state index < -0.39 is 23.5 Å². The molecule has 0 radical (unpaired) electrons. The molecule has 1 unspecified atom stereocenters. The summed E-state index contributed by atoms with van der Waals surface area (Å²) in [6.07, 6.45) is 0. The van der Waals surface area contributed by atoms with E-state index in [-0.39, 0.29) is 22.2 Å². The lowest BCUT2D eigenvalue weighted by molar-refractivity contribution is -0.117. The summed E-state index contributed by atoms with van der Waals surface area (Å²) < 4.78 is 5.20. The number of hydrogen-bond donors (Lipinski definition) is 2. The zero-order valence-electron chi connectivity index (χ0n) is 17.0. The van der Waals surface area contributed by atoms with Crippen LogP contribution in [0, 0.1) is 20.8 Å². The largest absolute Gasteiger partial charge is 0.504 e. The lowest BCUT2D eigenvalue weighted by Gasteiger charge is -2.24. The van der Waals surface area contributed by atoms with Crippen molar-refractivity contribution < 1.29 is 24.5 Å². The molecule has 0 bridgehead atoms. The summed E-state index contributed by atoms with van der Waals surface area (Å²) in [6.45, 7) is 5.22. The number of ether oxygens (including phenoxy) is 1. The summed E-state index contributed by atoms with van der Waals surface area (Å²) >= 11 is 2.36. The minimum Gasteiger partial charge on any atom is -0.504 e. The molecule has 0 fully saturated rings. The summed E-state index contributed by atoms with van der Waals surface area (Å²) in [5.74, 6) is -1.82. The van der Waals surface area contributed by atoms with Crippen LogP contribution < -0.4 is 9.64 Å². The molecular formula is C20H18N4O5S2. The highest BCUT2D eigenvalue weighted by Crippen LogP contribution is 2.45. The third-order valence-corrected chi connectivity index (χ3v) is 6.71. The number of carbonyl (C=O) groups excluding carboxylic acids is 2. The highest BCUT2D eigenvalue weighted by Gasteiger charge is 2.46. The SMILES string of the molecule is COc1cc(C2C(C(=O)c3sc(C)nc3C)=C(O)C(=O)N2c2nnc(C)s2)ccc1O. The number of aliphatic hydroxyl groups excluding tert-OH is 1. The topological polar surface area (TPSA) is 126 Å². The van der Waals surface area contributed by atoms with Crippen molar-refractivity contribution in [1.29, 1.82) is 0 Å². The number of methoxy groups -OCH3 is 1. The van der Waals surface area contributed by atoms with Gasteiger partial charge in [-0.3, -0.25) is 14.5 Å². The molecule has 1 atom stereocenters. The number of phenols is 1. The van der Waals surface area contributed by atoms with Crippen LogP contribution in [0.3, 0.4) is 0 Å². The molecule has 0 saturated heterocycles. The van der Waals surface area contributed by atoms with Gasteiger partial charge in [-0.1, -0.05) is 17.4 Å². The maximum absolute atomic E-state index is 13.5. The molecule has 11 heteroatoms. The normalized spacial score (nSPS) is 16.3. The lowest BCUT2D eigenvalue weighted by Crippen LogP contribution is -2.31. The Labute approximate surface area is 185 Å². The smallest absolute Gasteiger partial charge is 0.296 e. The molecule has 4 rings (SSSR count). The van der Waals surface area contributed by atoms with E-state index in [9.17, 15) is 19.8 Å². The Morgan fingerprint density at radius 1 is 1.13 bits per heavy atom. The van der Waals surface area contributed by atoms with Crippen LogP contribution in [0.15, 0.2) is 29.5 Å². The van der Waals surface area contributed by atoms with E-state index in [1.165, 1.54) is 35.5 Å². The molecule has 9 nitrogen and oxygen atoms in total. The van der Waals surface area contributed by atoms with Gasteiger partial charge in [0.25, 0.3) is 5.91 Å². The van der Waals surface area contributed by atoms with Gasteiger partial charge in [-0.25, -0.2) is 4.98 Å². The molecular weight excluding hydrogens is 440 g/mol. The first-order valence-electron chi connectivity index (χ1n) is 9.15. The maximum atomic E-state index is 13.5. The van der Waals surface area contributed by atoms with Gasteiger partial charge in [0.2, 0.25) is 10.9 Å². The number of hydrogen-bond acceptors (Lipinski definition) is 10. The molecule has 0 spiro atoms. The number of aromatic nitrogens is 3. The fourth-order valence-electron chi connectivity index (χ4n) is 3.46. The zero-order chi connectivity index (χ0) is 22.4. The molecule has 2 N–H and O–H groups in total. The quantitative estimate of drug-likeness (QED) is 0.557. The summed E-state index contributed by atoms with van der Waals surface area (Å²) in [5.41, 5.74) is 0.895. The number of Topliss-reactive ketones (excluding diaryl/α,β-unsaturated/α-hetero) is 1. The van der Waals surface area contributed by atoms with Gasteiger partial charge in [0.05, 0.1) is 34.3 Å². The maximum Gasteiger partial charge on any atom is 0.296 e. The van der Waals surface area contributed by atoms with Crippen LogP contribution in [0.25, 0.3) is 0 Å². The fraction of sp³-hybridized carbons (Fsp3) is 0.250. The summed E-state index contributed by atoms with van der Waals surface area (Å²) in [7, 11) is 1.40. The van der Waals surface area contributed by atoms with Gasteiger partial charge < -0.3 is 14.9 Å². The average molecular weight is 459 g/mol. The van der Waals surface area contributed by atoms with Gasteiger partial charge >= 0.3 is 0 Å². The fourth-order valence-corrected chi connectivity index (χ4v) is 5.05. The molecule has 31 heavy (non-hydrogen) atoms. The molecule has 1 aliphatic heterocycles. The predicted molar refractivity (Wildman–Crippen MR) is 115 cm³/mol. The Balaban J connectivity index is 1.92. The Bertz CT molecular complexity index is 1250. The molecule has 3 aromatic rings. The van der Waals surface area contributed by atoms with E-state index in [0.29, 0.717) is 26.1 Å². The number of aromatic hydroxyl groups is 1. The van der Waals surface area contributed by atoms with E-state index in [2.05, 4.69) is 15.2 Å². The highest BCUT2D eigenvalue weighted by atomic mass is 32.1. The Hall–Kier alpha value is -3.31. The first-order chi connectivity index (χ1) is 14.7. The number of amides is 1. The number of phenolic OH excluding ortho intramolecular Hbond substituents is 1. The van der Waals surface area contributed by atoms with Crippen molar-refractivity contribution in [1.82, 2.24) is 15.2 Å². The standard InChI is InChI=1S/C20H18N4O5S2/c1-8-18(30-9(2)21-8)16(26)14-15(11-5-6-12(25)13(7-11)29-4)24(19(28)17(14)27)20-23-22-10(3)31-20/h5-7,15,25,27H,1-4H3. The molecule has 160 valence electrons. The summed E-state index contributed by atoms with van der Waals surface area (Å²) in [5, 5.41) is 30.3. The summed E-state index contributed by atoms with van der Waals surface area (Å²) in [4.78, 5) is 32.4. The van der Waals surface area contributed by atoms with Gasteiger partial charge in [0.15, 0.2) is 17.3 Å². The second kappa shape index (κ2) is 7.75. The first-order valence-corrected chi connectivity index (χ1v) is 10.8. The average Bonchev–Trinajstić information content (AvgIpc) is 3.38. The number of ketones is 1. The zero-order valence-corrected chi connectivity index (χ0v) is 18.7. The van der Waals surface area contributed by atoms with E-state index in [4.69, 9.17) is 4.74 Å². The monoisotopic (exact) mass is 458 g/mol. The number of rotatable bonds is 5. The first kappa shape index (κ1) is 20.9. The highest BCUT2D eigenvalue weighted by molar-refractivity contribution is 7.15. The van der Waals surface area contributed by atoms with Crippen molar-refractivity contribution >= 4 is 39.5 Å². The third-order valence-electron chi connectivity index (χ3n) is 4.80. The van der Waals surface area contributed by atoms with Crippen LogP contribution >= 0.6 is 22.7 Å². The molecule has 1 aliphatic rings. The van der Waals surface area contributed by atoms with Gasteiger partial charge in [-0.2, -0.15) is 0 Å². The Kier molecular flexibility index (Phi) is 5.23. The van der Waals surface area contributed by atoms with Crippen molar-refractivity contribution in [2.45, 2.75) is 26.8 Å². The van der Waals surface area contributed by atoms with E-state index in [1.807, 2.05) is 0 Å². The molecule has 1 amide bonds. The number of carbonyl (C=O) groups is 2. The lowest BCUT2D eigenvalue weighted by atomic mass is 9.95. The molecule has 3 heterocycles. The number of anilines is 1. The summed E-state index contributed by atoms with van der Waals surface area (Å²) in [6, 6.07) is 3.50. The number of thiazole rings is 1. The molecule has 1 aromatic carbocycles. The van der Waals surface area contributed by atoms with Crippen LogP contribution in [0.5, 0.6) is 11.5 Å². The number of nitrogens with zero attached hydrogens (tertiary/aromatic N) is 4.